The summed E-state index contributed by atoms with van der Waals surface area (Å²) in [4.78, 5) is 0. The predicted octanol–water partition coefficient (Wildman–Crippen LogP) is -0.379. The summed E-state index contributed by atoms with van der Waals surface area (Å²) in [5, 5.41) is 0. The van der Waals surface area contributed by atoms with Gasteiger partial charge in [-0.25, -0.2) is 0 Å². The standard InChI is InChI=1S/C10H23N3O3S/c1-9-8-10(11)4-5-13(9)17(14,15)12(2)6-7-16-3/h9-10H,4-8,11H2,1-3H3. The van der Waals surface area contributed by atoms with Crippen LogP contribution in [-0.2, 0) is 14.9 Å². The number of ether oxygens (including phenoxy) is 1. The topological polar surface area (TPSA) is 75.9 Å². The first kappa shape index (κ1) is 14.8. The van der Waals surface area contributed by atoms with Gasteiger partial charge in [-0.2, -0.15) is 17.0 Å². The van der Waals surface area contributed by atoms with Crippen LogP contribution >= 0.6 is 0 Å². The monoisotopic (exact) mass is 265 g/mol. The van der Waals surface area contributed by atoms with Gasteiger partial charge in [0.05, 0.1) is 6.61 Å². The number of hydrogen-bond donors (Lipinski definition) is 1. The Morgan fingerprint density at radius 3 is 2.71 bits per heavy atom. The van der Waals surface area contributed by atoms with Crippen LogP contribution in [0.4, 0.5) is 0 Å². The summed E-state index contributed by atoms with van der Waals surface area (Å²) in [6.07, 6.45) is 1.44. The van der Waals surface area contributed by atoms with Crippen LogP contribution in [0.25, 0.3) is 0 Å². The van der Waals surface area contributed by atoms with Crippen molar-refractivity contribution in [3.05, 3.63) is 0 Å². The van der Waals surface area contributed by atoms with Gasteiger partial charge in [0.15, 0.2) is 0 Å². The second-order valence-corrected chi connectivity index (χ2v) is 6.55. The fourth-order valence-electron chi connectivity index (χ4n) is 2.04. The zero-order chi connectivity index (χ0) is 13.1. The van der Waals surface area contributed by atoms with Crippen LogP contribution in [0.15, 0.2) is 0 Å². The Hall–Kier alpha value is -0.210. The van der Waals surface area contributed by atoms with E-state index in [2.05, 4.69) is 0 Å². The van der Waals surface area contributed by atoms with Crippen molar-refractivity contribution in [1.29, 1.82) is 0 Å². The highest BCUT2D eigenvalue weighted by molar-refractivity contribution is 7.86. The fourth-order valence-corrected chi connectivity index (χ4v) is 3.58. The number of likely N-dealkylation sites (N-methyl/N-ethyl adjacent to an activating group) is 1. The first-order chi connectivity index (χ1) is 7.89. The first-order valence-corrected chi connectivity index (χ1v) is 7.27. The summed E-state index contributed by atoms with van der Waals surface area (Å²) < 4.78 is 32.3. The quantitative estimate of drug-likeness (QED) is 0.735. The molecule has 0 aliphatic carbocycles. The number of hydrogen-bond acceptors (Lipinski definition) is 4. The normalized spacial score (nSPS) is 27.6. The first-order valence-electron chi connectivity index (χ1n) is 5.87. The molecular weight excluding hydrogens is 242 g/mol. The minimum Gasteiger partial charge on any atom is -0.383 e. The highest BCUT2D eigenvalue weighted by Gasteiger charge is 2.34. The third-order valence-corrected chi connectivity index (χ3v) is 5.26. The number of piperidine rings is 1. The van der Waals surface area contributed by atoms with Crippen molar-refractivity contribution in [2.75, 3.05) is 33.9 Å². The Kier molecular flexibility index (Phi) is 5.33. The molecule has 102 valence electrons. The summed E-state index contributed by atoms with van der Waals surface area (Å²) in [5.74, 6) is 0. The van der Waals surface area contributed by atoms with E-state index in [1.807, 2.05) is 6.92 Å². The highest BCUT2D eigenvalue weighted by atomic mass is 32.2. The van der Waals surface area contributed by atoms with Crippen molar-refractivity contribution >= 4 is 10.2 Å². The molecule has 0 bridgehead atoms. The van der Waals surface area contributed by atoms with E-state index >= 15 is 0 Å². The minimum atomic E-state index is -3.38. The molecule has 1 rings (SSSR count). The molecule has 2 N–H and O–H groups in total. The molecule has 0 spiro atoms. The van der Waals surface area contributed by atoms with Crippen LogP contribution in [0.2, 0.25) is 0 Å². The molecular formula is C10H23N3O3S. The number of nitrogens with two attached hydrogens (primary N) is 1. The van der Waals surface area contributed by atoms with Gasteiger partial charge in [0, 0.05) is 39.3 Å². The molecule has 0 radical (unpaired) electrons. The third kappa shape index (κ3) is 3.62. The van der Waals surface area contributed by atoms with Crippen molar-refractivity contribution in [3.8, 4) is 0 Å². The average molecular weight is 265 g/mol. The van der Waals surface area contributed by atoms with Crippen LogP contribution in [0.5, 0.6) is 0 Å². The van der Waals surface area contributed by atoms with E-state index < -0.39 is 10.2 Å². The van der Waals surface area contributed by atoms with Crippen molar-refractivity contribution in [2.24, 2.45) is 5.73 Å². The smallest absolute Gasteiger partial charge is 0.282 e. The Labute approximate surface area is 104 Å². The summed E-state index contributed by atoms with van der Waals surface area (Å²) in [6.45, 7) is 3.17. The van der Waals surface area contributed by atoms with Crippen LogP contribution in [0.3, 0.4) is 0 Å². The third-order valence-electron chi connectivity index (χ3n) is 3.16. The Morgan fingerprint density at radius 1 is 1.53 bits per heavy atom. The van der Waals surface area contributed by atoms with Crippen LogP contribution in [-0.4, -0.2) is 63.0 Å². The lowest BCUT2D eigenvalue weighted by Crippen LogP contribution is -2.52. The lowest BCUT2D eigenvalue weighted by molar-refractivity contribution is 0.177. The zero-order valence-electron chi connectivity index (χ0n) is 10.8. The molecule has 1 aliphatic heterocycles. The van der Waals surface area contributed by atoms with E-state index in [1.54, 1.807) is 14.2 Å². The second-order valence-electron chi connectivity index (χ2n) is 4.57. The number of rotatable bonds is 5. The van der Waals surface area contributed by atoms with E-state index in [0.717, 1.165) is 12.8 Å². The maximum absolute atomic E-state index is 12.3. The number of nitrogens with zero attached hydrogens (tertiary/aromatic N) is 2. The molecule has 1 heterocycles. The summed E-state index contributed by atoms with van der Waals surface area (Å²) >= 11 is 0. The van der Waals surface area contributed by atoms with Gasteiger partial charge in [-0.1, -0.05) is 0 Å². The minimum absolute atomic E-state index is 0.0336. The fraction of sp³-hybridized carbons (Fsp3) is 1.00. The highest BCUT2D eigenvalue weighted by Crippen LogP contribution is 2.20. The molecule has 2 atom stereocenters. The van der Waals surface area contributed by atoms with Crippen molar-refractivity contribution in [3.63, 3.8) is 0 Å². The predicted molar refractivity (Wildman–Crippen MR) is 66.8 cm³/mol. The van der Waals surface area contributed by atoms with Crippen LogP contribution < -0.4 is 5.73 Å². The Balaban J connectivity index is 2.69. The van der Waals surface area contributed by atoms with Gasteiger partial charge in [-0.3, -0.25) is 0 Å². The molecule has 0 aromatic rings. The maximum atomic E-state index is 12.3. The summed E-state index contributed by atoms with van der Waals surface area (Å²) in [7, 11) is -0.238. The zero-order valence-corrected chi connectivity index (χ0v) is 11.6. The largest absolute Gasteiger partial charge is 0.383 e. The second kappa shape index (κ2) is 6.10. The molecule has 0 aromatic heterocycles. The molecule has 0 aromatic carbocycles. The molecule has 1 saturated heterocycles. The molecule has 1 aliphatic rings. The molecule has 0 saturated carbocycles. The van der Waals surface area contributed by atoms with E-state index in [-0.39, 0.29) is 12.1 Å². The summed E-state index contributed by atoms with van der Waals surface area (Å²) in [6, 6.07) is 0.0782. The number of methoxy groups -OCH3 is 1. The van der Waals surface area contributed by atoms with Crippen molar-refractivity contribution in [1.82, 2.24) is 8.61 Å². The Bertz CT molecular complexity index is 334. The molecule has 2 unspecified atom stereocenters. The average Bonchev–Trinajstić information content (AvgIpc) is 2.25. The molecule has 1 fully saturated rings. The van der Waals surface area contributed by atoms with E-state index in [4.69, 9.17) is 10.5 Å². The van der Waals surface area contributed by atoms with Gasteiger partial charge in [-0.15, -0.1) is 0 Å². The lowest BCUT2D eigenvalue weighted by Gasteiger charge is -2.37. The van der Waals surface area contributed by atoms with Gasteiger partial charge in [-0.05, 0) is 19.8 Å². The van der Waals surface area contributed by atoms with Crippen LogP contribution in [0.1, 0.15) is 19.8 Å². The lowest BCUT2D eigenvalue weighted by atomic mass is 10.0. The maximum Gasteiger partial charge on any atom is 0.282 e. The SMILES string of the molecule is COCCN(C)S(=O)(=O)N1CCC(N)CC1C. The van der Waals surface area contributed by atoms with Gasteiger partial charge in [0.1, 0.15) is 0 Å². The Morgan fingerprint density at radius 2 is 2.18 bits per heavy atom. The molecule has 17 heavy (non-hydrogen) atoms. The summed E-state index contributed by atoms with van der Waals surface area (Å²) in [5.41, 5.74) is 5.83. The molecule has 0 amide bonds. The molecule has 6 nitrogen and oxygen atoms in total. The van der Waals surface area contributed by atoms with Crippen molar-refractivity contribution in [2.45, 2.75) is 31.8 Å². The van der Waals surface area contributed by atoms with Gasteiger partial charge in [0.25, 0.3) is 10.2 Å². The van der Waals surface area contributed by atoms with Gasteiger partial charge < -0.3 is 10.5 Å². The van der Waals surface area contributed by atoms with E-state index in [1.165, 1.54) is 8.61 Å². The van der Waals surface area contributed by atoms with Crippen molar-refractivity contribution < 1.29 is 13.2 Å². The molecule has 7 heteroatoms. The van der Waals surface area contributed by atoms with Gasteiger partial charge in [0.2, 0.25) is 0 Å². The van der Waals surface area contributed by atoms with E-state index in [0.29, 0.717) is 19.7 Å². The van der Waals surface area contributed by atoms with E-state index in [9.17, 15) is 8.42 Å². The van der Waals surface area contributed by atoms with Crippen LogP contribution in [0, 0.1) is 0 Å². The van der Waals surface area contributed by atoms with Gasteiger partial charge >= 0.3 is 0 Å².